The number of carbonyl (C=O) groups excluding carboxylic acids is 2. The summed E-state index contributed by atoms with van der Waals surface area (Å²) in [7, 11) is 0. The Bertz CT molecular complexity index is 1510. The van der Waals surface area contributed by atoms with Crippen LogP contribution in [0.15, 0.2) is 79.1 Å². The molecule has 1 fully saturated rings. The number of primary amides is 1. The molecule has 0 radical (unpaired) electrons. The Morgan fingerprint density at radius 3 is 2.66 bits per heavy atom. The third-order valence-electron chi connectivity index (χ3n) is 7.44. The number of aliphatic hydroxyl groups is 1. The van der Waals surface area contributed by atoms with Crippen LogP contribution < -0.4 is 11.1 Å². The van der Waals surface area contributed by atoms with Crippen molar-refractivity contribution in [3.63, 3.8) is 0 Å². The number of rotatable bonds is 6. The molecule has 1 saturated heterocycles. The van der Waals surface area contributed by atoms with Crippen LogP contribution in [0.4, 0.5) is 0 Å². The summed E-state index contributed by atoms with van der Waals surface area (Å²) < 4.78 is 1.73. The molecule has 2 unspecified atom stereocenters. The highest BCUT2D eigenvalue weighted by Gasteiger charge is 2.32. The van der Waals surface area contributed by atoms with E-state index < -0.39 is 11.9 Å². The number of likely N-dealkylation sites (tertiary alicyclic amines) is 1. The molecule has 1 amide bonds. The molecule has 8 heteroatoms. The molecule has 4 N–H and O–H groups in total. The normalized spacial score (nSPS) is 19.4. The Balaban J connectivity index is 1.26. The van der Waals surface area contributed by atoms with Crippen LogP contribution >= 0.6 is 0 Å². The lowest BCUT2D eigenvalue weighted by molar-refractivity contribution is 0.0922. The Morgan fingerprint density at radius 2 is 1.89 bits per heavy atom. The van der Waals surface area contributed by atoms with Crippen molar-refractivity contribution in [1.29, 1.82) is 0 Å². The van der Waals surface area contributed by atoms with Gasteiger partial charge in [-0.05, 0) is 46.9 Å². The van der Waals surface area contributed by atoms with E-state index in [0.29, 0.717) is 35.7 Å². The number of imidazole rings is 1. The highest BCUT2D eigenvalue weighted by molar-refractivity contribution is 6.02. The molecule has 8 nitrogen and oxygen atoms in total. The average molecular weight is 508 g/mol. The van der Waals surface area contributed by atoms with Crippen molar-refractivity contribution < 1.29 is 14.7 Å². The number of carbonyl (C=O) groups is 2. The van der Waals surface area contributed by atoms with E-state index in [1.165, 1.54) is 5.56 Å². The fraction of sp³-hybridized carbons (Fsp3) is 0.233. The minimum atomic E-state index is -0.522. The zero-order chi connectivity index (χ0) is 26.2. The molecule has 0 bridgehead atoms. The second kappa shape index (κ2) is 9.98. The van der Waals surface area contributed by atoms with E-state index in [9.17, 15) is 14.7 Å². The lowest BCUT2D eigenvalue weighted by Crippen LogP contribution is -2.35. The molecule has 38 heavy (non-hydrogen) atoms. The lowest BCUT2D eigenvalue weighted by Gasteiger charge is -2.24. The van der Waals surface area contributed by atoms with Crippen molar-refractivity contribution in [2.24, 2.45) is 5.73 Å². The number of ketones is 1. The van der Waals surface area contributed by atoms with Crippen LogP contribution in [-0.2, 0) is 13.1 Å². The minimum absolute atomic E-state index is 0.0750. The number of hydrogen-bond acceptors (Lipinski definition) is 6. The third-order valence-corrected chi connectivity index (χ3v) is 7.44. The second-order valence-corrected chi connectivity index (χ2v) is 9.96. The lowest BCUT2D eigenvalue weighted by atomic mass is 9.93. The fourth-order valence-electron chi connectivity index (χ4n) is 5.47. The molecular formula is C30H29N5O3. The molecule has 4 aromatic rings. The van der Waals surface area contributed by atoms with Crippen LogP contribution in [0.2, 0.25) is 0 Å². The number of aliphatic hydroxyl groups excluding tert-OH is 1. The number of Topliss-reactive ketones (excluding diaryl/α,β-unsaturated/α-hetero) is 1. The van der Waals surface area contributed by atoms with Gasteiger partial charge in [0.1, 0.15) is 12.0 Å². The van der Waals surface area contributed by atoms with Crippen molar-refractivity contribution in [2.45, 2.75) is 31.7 Å². The maximum atomic E-state index is 13.7. The van der Waals surface area contributed by atoms with E-state index in [4.69, 9.17) is 5.73 Å². The van der Waals surface area contributed by atoms with Gasteiger partial charge in [0.05, 0.1) is 17.8 Å². The number of fused-ring (bicyclic) bond motifs is 1. The number of aromatic nitrogens is 2. The zero-order valence-corrected chi connectivity index (χ0v) is 20.9. The maximum Gasteiger partial charge on any atom is 0.248 e. The fourth-order valence-corrected chi connectivity index (χ4v) is 5.47. The van der Waals surface area contributed by atoms with Gasteiger partial charge in [0, 0.05) is 37.4 Å². The monoisotopic (exact) mass is 507 g/mol. The van der Waals surface area contributed by atoms with Gasteiger partial charge in [0.25, 0.3) is 0 Å². The summed E-state index contributed by atoms with van der Waals surface area (Å²) in [5.74, 6) is -0.597. The zero-order valence-electron chi connectivity index (χ0n) is 20.9. The molecule has 192 valence electrons. The number of nitrogens with two attached hydrogens (primary N) is 1. The molecule has 0 aliphatic carbocycles. The first-order valence-corrected chi connectivity index (χ1v) is 12.8. The van der Waals surface area contributed by atoms with E-state index >= 15 is 0 Å². The first-order valence-electron chi connectivity index (χ1n) is 12.8. The maximum absolute atomic E-state index is 13.7. The topological polar surface area (TPSA) is 113 Å². The highest BCUT2D eigenvalue weighted by Crippen LogP contribution is 2.31. The van der Waals surface area contributed by atoms with Gasteiger partial charge in [-0.2, -0.15) is 0 Å². The van der Waals surface area contributed by atoms with E-state index in [0.717, 1.165) is 36.2 Å². The van der Waals surface area contributed by atoms with Crippen LogP contribution in [0.25, 0.3) is 16.8 Å². The summed E-state index contributed by atoms with van der Waals surface area (Å²) in [4.78, 5) is 32.1. The number of benzene rings is 3. The molecule has 2 aliphatic rings. The quantitative estimate of drug-likeness (QED) is 0.369. The largest absolute Gasteiger partial charge is 0.392 e. The van der Waals surface area contributed by atoms with Gasteiger partial charge in [-0.1, -0.05) is 54.6 Å². The molecule has 0 spiro atoms. The van der Waals surface area contributed by atoms with E-state index in [1.807, 2.05) is 30.3 Å². The van der Waals surface area contributed by atoms with Crippen LogP contribution in [0.3, 0.4) is 0 Å². The van der Waals surface area contributed by atoms with Gasteiger partial charge in [-0.15, -0.1) is 0 Å². The Morgan fingerprint density at radius 1 is 1.08 bits per heavy atom. The van der Waals surface area contributed by atoms with Gasteiger partial charge in [0.15, 0.2) is 0 Å². The summed E-state index contributed by atoms with van der Waals surface area (Å²) in [6.07, 6.45) is 2.19. The van der Waals surface area contributed by atoms with E-state index in [1.54, 1.807) is 29.1 Å². The molecule has 3 heterocycles. The molecular weight excluding hydrogens is 478 g/mol. The van der Waals surface area contributed by atoms with Gasteiger partial charge in [0.2, 0.25) is 11.7 Å². The van der Waals surface area contributed by atoms with Crippen molar-refractivity contribution >= 4 is 11.7 Å². The summed E-state index contributed by atoms with van der Waals surface area (Å²) >= 11 is 0. The Labute approximate surface area is 220 Å². The van der Waals surface area contributed by atoms with Crippen molar-refractivity contribution in [2.75, 3.05) is 13.1 Å². The Kier molecular flexibility index (Phi) is 6.37. The molecule has 3 aromatic carbocycles. The number of nitrogens with one attached hydrogen (secondary N) is 1. The number of β-amino-alcohol motifs (C(OH)–C–C–N with tert-alkyl or cyclic N) is 1. The predicted octanol–water partition coefficient (Wildman–Crippen LogP) is 3.23. The van der Waals surface area contributed by atoms with Crippen molar-refractivity contribution in [3.05, 3.63) is 107 Å². The molecule has 6 rings (SSSR count). The second-order valence-electron chi connectivity index (χ2n) is 9.96. The van der Waals surface area contributed by atoms with Crippen molar-refractivity contribution in [3.8, 4) is 16.8 Å². The minimum Gasteiger partial charge on any atom is -0.392 e. The van der Waals surface area contributed by atoms with Crippen molar-refractivity contribution in [1.82, 2.24) is 19.8 Å². The molecule has 2 atom stereocenters. The first-order chi connectivity index (χ1) is 18.5. The van der Waals surface area contributed by atoms with Gasteiger partial charge >= 0.3 is 0 Å². The van der Waals surface area contributed by atoms with E-state index in [-0.39, 0.29) is 11.9 Å². The SMILES string of the molecule is NC(=O)c1cccc(-n2cnc3c2C(=O)C(c2ccc(-c4ccccc4CN4CCC(O)C4)cc2)NC3)c1. The first kappa shape index (κ1) is 24.2. The smallest absolute Gasteiger partial charge is 0.248 e. The van der Waals surface area contributed by atoms with E-state index in [2.05, 4.69) is 39.5 Å². The third kappa shape index (κ3) is 4.54. The molecule has 0 saturated carbocycles. The molecule has 2 aliphatic heterocycles. The number of amides is 1. The molecule has 1 aromatic heterocycles. The van der Waals surface area contributed by atoms with Crippen LogP contribution in [0.1, 0.15) is 50.1 Å². The number of nitrogens with zero attached hydrogens (tertiary/aromatic N) is 3. The van der Waals surface area contributed by atoms with Gasteiger partial charge in [-0.3, -0.25) is 24.4 Å². The highest BCUT2D eigenvalue weighted by atomic mass is 16.3. The summed E-state index contributed by atoms with van der Waals surface area (Å²) in [5, 5.41) is 13.2. The van der Waals surface area contributed by atoms with Crippen LogP contribution in [0.5, 0.6) is 0 Å². The summed E-state index contributed by atoms with van der Waals surface area (Å²) in [5.41, 5.74) is 12.0. The summed E-state index contributed by atoms with van der Waals surface area (Å²) in [6, 6.07) is 22.8. The Hall–Kier alpha value is -4.11. The summed E-state index contributed by atoms with van der Waals surface area (Å²) in [6.45, 7) is 2.85. The van der Waals surface area contributed by atoms with Crippen LogP contribution in [0, 0.1) is 0 Å². The van der Waals surface area contributed by atoms with Gasteiger partial charge in [-0.25, -0.2) is 4.98 Å². The standard InChI is InChI=1S/C30H29N5O3/c31-30(38)21-5-3-6-23(14-21)35-18-33-26-15-32-27(29(37)28(26)35)20-10-8-19(9-11-20)25-7-2-1-4-22(25)16-34-13-12-24(36)17-34/h1-11,14,18,24,27,32,36H,12-13,15-17H2,(H2,31,38). The number of hydrogen-bond donors (Lipinski definition) is 3. The van der Waals surface area contributed by atoms with Gasteiger partial charge < -0.3 is 10.8 Å². The average Bonchev–Trinajstić information content (AvgIpc) is 3.56. The predicted molar refractivity (Wildman–Crippen MR) is 144 cm³/mol. The van der Waals surface area contributed by atoms with Crippen LogP contribution in [-0.4, -0.2) is 50.4 Å².